The molecule has 1 atom stereocenters. The van der Waals surface area contributed by atoms with Crippen molar-refractivity contribution >= 4 is 36.1 Å². The Bertz CT molecular complexity index is 853. The summed E-state index contributed by atoms with van der Waals surface area (Å²) < 4.78 is 5.13. The summed E-state index contributed by atoms with van der Waals surface area (Å²) in [5.41, 5.74) is 1.82. The molecule has 0 heterocycles. The summed E-state index contributed by atoms with van der Waals surface area (Å²) in [6.45, 7) is 4.54. The van der Waals surface area contributed by atoms with E-state index in [0.29, 0.717) is 31.0 Å². The van der Waals surface area contributed by atoms with E-state index in [0.717, 1.165) is 5.56 Å². The molecule has 30 heavy (non-hydrogen) atoms. The number of anilines is 1. The molecule has 160 valence electrons. The highest BCUT2D eigenvalue weighted by Crippen LogP contribution is 2.16. The second-order valence-electron chi connectivity index (χ2n) is 6.78. The van der Waals surface area contributed by atoms with E-state index in [2.05, 4.69) is 17.9 Å². The molecule has 2 aromatic rings. The Morgan fingerprint density at radius 3 is 2.37 bits per heavy atom. The fourth-order valence-electron chi connectivity index (χ4n) is 2.99. The number of likely N-dealkylation sites (N-methyl/N-ethyl adjacent to an activating group) is 1. The van der Waals surface area contributed by atoms with Gasteiger partial charge in [-0.15, -0.1) is 0 Å². The third kappa shape index (κ3) is 6.91. The molecule has 1 unspecified atom stereocenters. The number of benzene rings is 2. The monoisotopic (exact) mass is 428 g/mol. The second-order valence-corrected chi connectivity index (χ2v) is 7.15. The van der Waals surface area contributed by atoms with Gasteiger partial charge in [-0.1, -0.05) is 36.4 Å². The van der Waals surface area contributed by atoms with E-state index in [9.17, 15) is 14.4 Å². The number of rotatable bonds is 10. The van der Waals surface area contributed by atoms with Gasteiger partial charge in [-0.2, -0.15) is 12.6 Å². The Labute approximate surface area is 183 Å². The molecule has 1 N–H and O–H groups in total. The summed E-state index contributed by atoms with van der Waals surface area (Å²) in [5.74, 6) is -0.929. The minimum absolute atomic E-state index is 0.170. The first-order chi connectivity index (χ1) is 14.5. The molecule has 0 aromatic heterocycles. The predicted molar refractivity (Wildman–Crippen MR) is 121 cm³/mol. The van der Waals surface area contributed by atoms with Crippen molar-refractivity contribution in [2.45, 2.75) is 20.3 Å². The summed E-state index contributed by atoms with van der Waals surface area (Å²) in [5, 5.41) is 2.84. The van der Waals surface area contributed by atoms with Gasteiger partial charge in [0.25, 0.3) is 5.91 Å². The topological polar surface area (TPSA) is 75.7 Å². The summed E-state index contributed by atoms with van der Waals surface area (Å²) in [6.07, 6.45) is 0.575. The van der Waals surface area contributed by atoms with E-state index in [1.807, 2.05) is 44.2 Å². The van der Waals surface area contributed by atoms with Gasteiger partial charge in [0.15, 0.2) is 6.61 Å². The molecular weight excluding hydrogens is 400 g/mol. The third-order valence-corrected chi connectivity index (χ3v) is 5.17. The van der Waals surface area contributed by atoms with Crippen molar-refractivity contribution in [3.05, 3.63) is 65.7 Å². The zero-order valence-electron chi connectivity index (χ0n) is 17.3. The molecule has 6 nitrogen and oxygen atoms in total. The zero-order chi connectivity index (χ0) is 21.9. The highest BCUT2D eigenvalue weighted by atomic mass is 32.1. The third-order valence-electron chi connectivity index (χ3n) is 4.72. The van der Waals surface area contributed by atoms with Crippen molar-refractivity contribution in [1.29, 1.82) is 0 Å². The van der Waals surface area contributed by atoms with Gasteiger partial charge in [-0.3, -0.25) is 9.59 Å². The van der Waals surface area contributed by atoms with E-state index < -0.39 is 5.97 Å². The second kappa shape index (κ2) is 12.0. The smallest absolute Gasteiger partial charge is 0.338 e. The van der Waals surface area contributed by atoms with Crippen molar-refractivity contribution in [3.8, 4) is 0 Å². The molecule has 0 spiro atoms. The average molecular weight is 429 g/mol. The number of ether oxygens (including phenoxy) is 1. The van der Waals surface area contributed by atoms with E-state index in [-0.39, 0.29) is 29.9 Å². The number of carbonyl (C=O) groups is 3. The van der Waals surface area contributed by atoms with Crippen LogP contribution in [0.15, 0.2) is 54.6 Å². The normalized spacial score (nSPS) is 11.4. The molecule has 7 heteroatoms. The number of amides is 2. The standard InChI is InChI=1S/C23H28N2O4S/c1-3-25(4-2)21(26)15-29-23(28)18-11-8-12-20(14-18)24-22(27)19(16-30)13-17-9-6-5-7-10-17/h5-12,14,19,30H,3-4,13,15-16H2,1-2H3,(H,24,27). The van der Waals surface area contributed by atoms with Crippen LogP contribution in [0.4, 0.5) is 5.69 Å². The van der Waals surface area contributed by atoms with Crippen LogP contribution in [0.3, 0.4) is 0 Å². The lowest BCUT2D eigenvalue weighted by molar-refractivity contribution is -0.134. The van der Waals surface area contributed by atoms with Crippen molar-refractivity contribution < 1.29 is 19.1 Å². The number of hydrogen-bond donors (Lipinski definition) is 2. The molecule has 0 saturated carbocycles. The number of nitrogens with zero attached hydrogens (tertiary/aromatic N) is 1. The molecule has 0 radical (unpaired) electrons. The maximum Gasteiger partial charge on any atom is 0.338 e. The SMILES string of the molecule is CCN(CC)C(=O)COC(=O)c1cccc(NC(=O)C(CS)Cc2ccccc2)c1. The maximum atomic E-state index is 12.7. The van der Waals surface area contributed by atoms with Crippen molar-refractivity contribution in [1.82, 2.24) is 4.90 Å². The Morgan fingerprint density at radius 1 is 1.03 bits per heavy atom. The molecule has 0 aliphatic carbocycles. The van der Waals surface area contributed by atoms with Gasteiger partial charge < -0.3 is 15.0 Å². The van der Waals surface area contributed by atoms with Gasteiger partial charge in [0.1, 0.15) is 0 Å². The molecule has 0 fully saturated rings. The highest BCUT2D eigenvalue weighted by Gasteiger charge is 2.19. The molecule has 0 saturated heterocycles. The van der Waals surface area contributed by atoms with Crippen LogP contribution < -0.4 is 5.32 Å². The lowest BCUT2D eigenvalue weighted by atomic mass is 10.00. The predicted octanol–water partition coefficient (Wildman–Crippen LogP) is 3.44. The number of hydrogen-bond acceptors (Lipinski definition) is 5. The fraction of sp³-hybridized carbons (Fsp3) is 0.348. The molecule has 2 rings (SSSR count). The van der Waals surface area contributed by atoms with E-state index in [1.54, 1.807) is 29.2 Å². The van der Waals surface area contributed by atoms with E-state index in [1.165, 1.54) is 0 Å². The minimum Gasteiger partial charge on any atom is -0.452 e. The van der Waals surface area contributed by atoms with Crippen LogP contribution in [0.1, 0.15) is 29.8 Å². The highest BCUT2D eigenvalue weighted by molar-refractivity contribution is 7.80. The summed E-state index contributed by atoms with van der Waals surface area (Å²) in [7, 11) is 0. The zero-order valence-corrected chi connectivity index (χ0v) is 18.2. The van der Waals surface area contributed by atoms with Gasteiger partial charge in [-0.05, 0) is 44.0 Å². The number of nitrogens with one attached hydrogen (secondary N) is 1. The van der Waals surface area contributed by atoms with Crippen molar-refractivity contribution in [3.63, 3.8) is 0 Å². The van der Waals surface area contributed by atoms with Gasteiger partial charge in [-0.25, -0.2) is 4.79 Å². The van der Waals surface area contributed by atoms with Crippen LogP contribution in [-0.4, -0.2) is 48.1 Å². The van der Waals surface area contributed by atoms with Crippen LogP contribution in [0.25, 0.3) is 0 Å². The first-order valence-electron chi connectivity index (χ1n) is 9.99. The van der Waals surface area contributed by atoms with Gasteiger partial charge in [0.2, 0.25) is 5.91 Å². The quantitative estimate of drug-likeness (QED) is 0.449. The summed E-state index contributed by atoms with van der Waals surface area (Å²) >= 11 is 4.31. The minimum atomic E-state index is -0.610. The Morgan fingerprint density at radius 2 is 1.73 bits per heavy atom. The van der Waals surface area contributed by atoms with Gasteiger partial charge >= 0.3 is 5.97 Å². The van der Waals surface area contributed by atoms with Crippen molar-refractivity contribution in [2.24, 2.45) is 5.92 Å². The average Bonchev–Trinajstić information content (AvgIpc) is 2.77. The molecule has 2 aromatic carbocycles. The van der Waals surface area contributed by atoms with Gasteiger partial charge in [0.05, 0.1) is 11.5 Å². The van der Waals surface area contributed by atoms with Crippen molar-refractivity contribution in [2.75, 3.05) is 30.8 Å². The first-order valence-corrected chi connectivity index (χ1v) is 10.6. The summed E-state index contributed by atoms with van der Waals surface area (Å²) in [6, 6.07) is 16.2. The molecular formula is C23H28N2O4S. The summed E-state index contributed by atoms with van der Waals surface area (Å²) in [4.78, 5) is 38.5. The molecule has 0 aliphatic heterocycles. The number of thiol groups is 1. The first kappa shape index (κ1) is 23.5. The molecule has 0 aliphatic rings. The lowest BCUT2D eigenvalue weighted by Gasteiger charge is -2.18. The largest absolute Gasteiger partial charge is 0.452 e. The molecule has 0 bridgehead atoms. The lowest BCUT2D eigenvalue weighted by Crippen LogP contribution is -2.34. The Balaban J connectivity index is 1.97. The number of esters is 1. The van der Waals surface area contributed by atoms with Crippen LogP contribution in [0, 0.1) is 5.92 Å². The van der Waals surface area contributed by atoms with E-state index >= 15 is 0 Å². The van der Waals surface area contributed by atoms with Crippen LogP contribution >= 0.6 is 12.6 Å². The van der Waals surface area contributed by atoms with Gasteiger partial charge in [0, 0.05) is 24.5 Å². The van der Waals surface area contributed by atoms with Crippen LogP contribution in [-0.2, 0) is 20.7 Å². The fourth-order valence-corrected chi connectivity index (χ4v) is 3.28. The Kier molecular flexibility index (Phi) is 9.41. The van der Waals surface area contributed by atoms with Crippen LogP contribution in [0.2, 0.25) is 0 Å². The maximum absolute atomic E-state index is 12.7. The molecule has 2 amide bonds. The number of carbonyl (C=O) groups excluding carboxylic acids is 3. The van der Waals surface area contributed by atoms with E-state index in [4.69, 9.17) is 4.74 Å². The van der Waals surface area contributed by atoms with Crippen LogP contribution in [0.5, 0.6) is 0 Å². The Hall–Kier alpha value is -2.80.